The van der Waals surface area contributed by atoms with E-state index in [9.17, 15) is 0 Å². The lowest BCUT2D eigenvalue weighted by Gasteiger charge is -2.07. The predicted octanol–water partition coefficient (Wildman–Crippen LogP) is 5.54. The molecule has 0 aliphatic rings. The fourth-order valence-electron chi connectivity index (χ4n) is 3.74. The van der Waals surface area contributed by atoms with Gasteiger partial charge in [0.25, 0.3) is 5.82 Å². The van der Waals surface area contributed by atoms with Crippen molar-refractivity contribution in [3.05, 3.63) is 127 Å². The summed E-state index contributed by atoms with van der Waals surface area (Å²) in [6.07, 6.45) is 0. The Balaban J connectivity index is 1.80. The Bertz CT molecular complexity index is 1230. The summed E-state index contributed by atoms with van der Waals surface area (Å²) in [6, 6.07) is 41.8. The summed E-state index contributed by atoms with van der Waals surface area (Å²) < 4.78 is 4.37. The zero-order valence-electron chi connectivity index (χ0n) is 16.6. The van der Waals surface area contributed by atoms with Crippen LogP contribution in [0.1, 0.15) is 5.56 Å². The lowest BCUT2D eigenvalue weighted by molar-refractivity contribution is -0.667. The number of hydrogen-bond donors (Lipinski definition) is 0. The van der Waals surface area contributed by atoms with E-state index in [2.05, 4.69) is 112 Å². The third-order valence-corrected chi connectivity index (χ3v) is 5.15. The van der Waals surface area contributed by atoms with Crippen LogP contribution in [0.3, 0.4) is 0 Å². The highest BCUT2D eigenvalue weighted by Gasteiger charge is 2.29. The molecule has 0 amide bonds. The normalized spacial score (nSPS) is 10.8. The standard InChI is InChI=1S/C27H22N3/c1-5-13-22(14-6-1)21-29-26(23-15-7-2-8-16-23)28-30(25-19-11-4-12-20-25)27(29)24-17-9-3-10-18-24/h1-20H,21H2/q+1. The van der Waals surface area contributed by atoms with Crippen LogP contribution in [0.15, 0.2) is 121 Å². The molecule has 4 aromatic carbocycles. The molecule has 1 aromatic heterocycles. The first-order valence-electron chi connectivity index (χ1n) is 10.1. The zero-order valence-corrected chi connectivity index (χ0v) is 16.6. The molecule has 0 saturated carbocycles. The zero-order chi connectivity index (χ0) is 20.2. The molecule has 3 heteroatoms. The van der Waals surface area contributed by atoms with Crippen LogP contribution in [-0.2, 0) is 6.54 Å². The van der Waals surface area contributed by atoms with Gasteiger partial charge >= 0.3 is 5.82 Å². The van der Waals surface area contributed by atoms with Crippen LogP contribution in [-0.4, -0.2) is 9.78 Å². The van der Waals surface area contributed by atoms with Gasteiger partial charge in [0.15, 0.2) is 0 Å². The summed E-state index contributed by atoms with van der Waals surface area (Å²) in [5.74, 6) is 2.01. The average molecular weight is 388 g/mol. The summed E-state index contributed by atoms with van der Waals surface area (Å²) >= 11 is 0. The minimum Gasteiger partial charge on any atom is -0.219 e. The van der Waals surface area contributed by atoms with Gasteiger partial charge in [0.05, 0.1) is 22.8 Å². The lowest BCUT2D eigenvalue weighted by atomic mass is 10.1. The summed E-state index contributed by atoms with van der Waals surface area (Å²) in [4.78, 5) is 0. The van der Waals surface area contributed by atoms with Crippen LogP contribution in [0, 0.1) is 0 Å². The number of rotatable bonds is 5. The van der Waals surface area contributed by atoms with E-state index in [0.717, 1.165) is 35.0 Å². The highest BCUT2D eigenvalue weighted by atomic mass is 15.4. The van der Waals surface area contributed by atoms with Crippen molar-refractivity contribution in [1.82, 2.24) is 9.78 Å². The summed E-state index contributed by atoms with van der Waals surface area (Å²) in [6.45, 7) is 0.738. The van der Waals surface area contributed by atoms with Gasteiger partial charge in [-0.25, -0.2) is 4.57 Å². The topological polar surface area (TPSA) is 21.7 Å². The Kier molecular flexibility index (Phi) is 4.93. The maximum atomic E-state index is 5.10. The third kappa shape index (κ3) is 3.53. The predicted molar refractivity (Wildman–Crippen MR) is 120 cm³/mol. The van der Waals surface area contributed by atoms with Crippen LogP contribution < -0.4 is 4.57 Å². The number of nitrogens with zero attached hydrogens (tertiary/aromatic N) is 3. The molecule has 0 bridgehead atoms. The molecule has 0 saturated heterocycles. The number of para-hydroxylation sites is 1. The van der Waals surface area contributed by atoms with Crippen LogP contribution in [0.4, 0.5) is 0 Å². The van der Waals surface area contributed by atoms with E-state index in [4.69, 9.17) is 5.10 Å². The molecule has 3 nitrogen and oxygen atoms in total. The van der Waals surface area contributed by atoms with Gasteiger partial charge < -0.3 is 0 Å². The first-order chi connectivity index (χ1) is 14.9. The maximum absolute atomic E-state index is 5.10. The van der Waals surface area contributed by atoms with Crippen molar-refractivity contribution in [2.75, 3.05) is 0 Å². The molecule has 0 fully saturated rings. The maximum Gasteiger partial charge on any atom is 0.310 e. The molecule has 0 radical (unpaired) electrons. The highest BCUT2D eigenvalue weighted by Crippen LogP contribution is 2.24. The largest absolute Gasteiger partial charge is 0.310 e. The van der Waals surface area contributed by atoms with E-state index >= 15 is 0 Å². The Morgan fingerprint density at radius 3 is 1.67 bits per heavy atom. The van der Waals surface area contributed by atoms with Crippen molar-refractivity contribution in [3.8, 4) is 28.5 Å². The molecular weight excluding hydrogens is 366 g/mol. The quantitative estimate of drug-likeness (QED) is 0.362. The molecule has 144 valence electrons. The number of aromatic nitrogens is 3. The molecule has 0 N–H and O–H groups in total. The van der Waals surface area contributed by atoms with Crippen LogP contribution >= 0.6 is 0 Å². The third-order valence-electron chi connectivity index (χ3n) is 5.15. The highest BCUT2D eigenvalue weighted by molar-refractivity contribution is 5.59. The molecule has 0 spiro atoms. The van der Waals surface area contributed by atoms with Gasteiger partial charge in [-0.2, -0.15) is 0 Å². The van der Waals surface area contributed by atoms with E-state index in [0.29, 0.717) is 0 Å². The van der Waals surface area contributed by atoms with E-state index in [1.54, 1.807) is 0 Å². The van der Waals surface area contributed by atoms with Crippen molar-refractivity contribution in [2.45, 2.75) is 6.54 Å². The van der Waals surface area contributed by atoms with E-state index in [1.165, 1.54) is 5.56 Å². The van der Waals surface area contributed by atoms with Crippen LogP contribution in [0.2, 0.25) is 0 Å². The fraction of sp³-hybridized carbons (Fsp3) is 0.0370. The first-order valence-corrected chi connectivity index (χ1v) is 10.1. The van der Waals surface area contributed by atoms with Gasteiger partial charge in [-0.3, -0.25) is 0 Å². The fourth-order valence-corrected chi connectivity index (χ4v) is 3.74. The molecule has 30 heavy (non-hydrogen) atoms. The Morgan fingerprint density at radius 2 is 1.07 bits per heavy atom. The second-order valence-electron chi connectivity index (χ2n) is 7.20. The first kappa shape index (κ1) is 18.1. The van der Waals surface area contributed by atoms with Crippen LogP contribution in [0.5, 0.6) is 0 Å². The Labute approximate surface area is 176 Å². The van der Waals surface area contributed by atoms with Gasteiger partial charge in [0.2, 0.25) is 0 Å². The van der Waals surface area contributed by atoms with Gasteiger partial charge in [-0.1, -0.05) is 89.6 Å². The number of hydrogen-bond acceptors (Lipinski definition) is 1. The van der Waals surface area contributed by atoms with Crippen LogP contribution in [0.25, 0.3) is 28.5 Å². The molecule has 5 rings (SSSR count). The second kappa shape index (κ2) is 8.18. The average Bonchev–Trinajstić information content (AvgIpc) is 3.20. The molecule has 0 atom stereocenters. The molecule has 5 aromatic rings. The molecule has 0 unspecified atom stereocenters. The second-order valence-corrected chi connectivity index (χ2v) is 7.20. The minimum absolute atomic E-state index is 0.738. The van der Waals surface area contributed by atoms with Crippen molar-refractivity contribution >= 4 is 0 Å². The minimum atomic E-state index is 0.738. The number of benzene rings is 4. The summed E-state index contributed by atoms with van der Waals surface area (Å²) in [5.41, 5.74) is 4.51. The smallest absolute Gasteiger partial charge is 0.219 e. The van der Waals surface area contributed by atoms with Gasteiger partial charge in [-0.15, -0.1) is 0 Å². The van der Waals surface area contributed by atoms with Crippen molar-refractivity contribution < 1.29 is 4.57 Å². The van der Waals surface area contributed by atoms with Crippen molar-refractivity contribution in [3.63, 3.8) is 0 Å². The molecule has 1 heterocycles. The van der Waals surface area contributed by atoms with Gasteiger partial charge in [0.1, 0.15) is 5.69 Å². The van der Waals surface area contributed by atoms with E-state index in [-0.39, 0.29) is 0 Å². The lowest BCUT2D eigenvalue weighted by Crippen LogP contribution is -2.38. The van der Waals surface area contributed by atoms with Crippen molar-refractivity contribution in [1.29, 1.82) is 0 Å². The monoisotopic (exact) mass is 388 g/mol. The molecule has 0 aliphatic carbocycles. The Morgan fingerprint density at radius 1 is 0.567 bits per heavy atom. The molecule has 0 aliphatic heterocycles. The van der Waals surface area contributed by atoms with E-state index in [1.807, 2.05) is 18.2 Å². The Hall–Kier alpha value is -3.98. The van der Waals surface area contributed by atoms with Crippen molar-refractivity contribution in [2.24, 2.45) is 0 Å². The summed E-state index contributed by atoms with van der Waals surface area (Å²) in [7, 11) is 0. The SMILES string of the molecule is c1ccc(C[n+]2c(-c3ccccc3)nn(-c3ccccc3)c2-c2ccccc2)cc1. The van der Waals surface area contributed by atoms with E-state index < -0.39 is 0 Å². The summed E-state index contributed by atoms with van der Waals surface area (Å²) in [5, 5.41) is 5.10. The van der Waals surface area contributed by atoms with Gasteiger partial charge in [0, 0.05) is 0 Å². The van der Waals surface area contributed by atoms with Gasteiger partial charge in [-0.05, 0) is 42.0 Å². The molecular formula is C27H22N3+.